The maximum absolute atomic E-state index is 12.3. The summed E-state index contributed by atoms with van der Waals surface area (Å²) in [6.07, 6.45) is -0.407. The number of hydrogen-bond donors (Lipinski definition) is 1. The zero-order chi connectivity index (χ0) is 13.9. The van der Waals surface area contributed by atoms with E-state index in [0.717, 1.165) is 6.07 Å². The smallest absolute Gasteiger partial charge is 0.446 e. The summed E-state index contributed by atoms with van der Waals surface area (Å²) < 4.78 is 37.1. The van der Waals surface area contributed by atoms with Gasteiger partial charge in [0.05, 0.1) is 12.0 Å². The van der Waals surface area contributed by atoms with Crippen molar-refractivity contribution in [2.75, 3.05) is 0 Å². The van der Waals surface area contributed by atoms with Gasteiger partial charge in [0.2, 0.25) is 0 Å². The van der Waals surface area contributed by atoms with Gasteiger partial charge >= 0.3 is 11.5 Å². The molecule has 0 aliphatic heterocycles. The first-order valence-corrected chi connectivity index (χ1v) is 6.04. The van der Waals surface area contributed by atoms with Crippen LogP contribution in [0.5, 0.6) is 0 Å². The van der Waals surface area contributed by atoms with E-state index in [1.807, 2.05) is 0 Å². The van der Waals surface area contributed by atoms with Crippen molar-refractivity contribution in [3.8, 4) is 6.07 Å². The predicted molar refractivity (Wildman–Crippen MR) is 62.1 cm³/mol. The molecule has 0 amide bonds. The number of carbonyl (C=O) groups is 1. The molecule has 96 valence electrons. The minimum absolute atomic E-state index is 0.149. The molecule has 1 aromatic carbocycles. The molecule has 0 fully saturated rings. The SMILES string of the molecule is N#Cc1c(Br)cc(CC(=O)O)cc1SC(F)(F)F. The molecule has 1 N–H and O–H groups in total. The Morgan fingerprint density at radius 1 is 1.50 bits per heavy atom. The lowest BCUT2D eigenvalue weighted by Crippen LogP contribution is -2.04. The normalized spacial score (nSPS) is 11.1. The van der Waals surface area contributed by atoms with Crippen molar-refractivity contribution < 1.29 is 23.1 Å². The maximum Gasteiger partial charge on any atom is 0.446 e. The molecule has 0 bridgehead atoms. The van der Waals surface area contributed by atoms with Gasteiger partial charge in [0.1, 0.15) is 6.07 Å². The highest BCUT2D eigenvalue weighted by atomic mass is 79.9. The van der Waals surface area contributed by atoms with E-state index >= 15 is 0 Å². The van der Waals surface area contributed by atoms with E-state index in [9.17, 15) is 18.0 Å². The third-order valence-electron chi connectivity index (χ3n) is 1.81. The van der Waals surface area contributed by atoms with Crippen LogP contribution in [-0.2, 0) is 11.2 Å². The Hall–Kier alpha value is -1.20. The Balaban J connectivity index is 3.24. The number of rotatable bonds is 3. The van der Waals surface area contributed by atoms with Crippen molar-refractivity contribution in [3.63, 3.8) is 0 Å². The Bertz CT molecular complexity index is 525. The molecule has 0 aliphatic rings. The molecule has 0 saturated heterocycles. The molecule has 1 aromatic rings. The summed E-state index contributed by atoms with van der Waals surface area (Å²) in [6.45, 7) is 0. The van der Waals surface area contributed by atoms with Gasteiger partial charge < -0.3 is 5.11 Å². The van der Waals surface area contributed by atoms with Gasteiger partial charge in [0.15, 0.2) is 0 Å². The van der Waals surface area contributed by atoms with Crippen LogP contribution in [0.2, 0.25) is 0 Å². The van der Waals surface area contributed by atoms with Gasteiger partial charge in [-0.3, -0.25) is 4.79 Å². The van der Waals surface area contributed by atoms with Crippen LogP contribution in [0, 0.1) is 11.3 Å². The minimum Gasteiger partial charge on any atom is -0.481 e. The number of aliphatic carboxylic acids is 1. The largest absolute Gasteiger partial charge is 0.481 e. The van der Waals surface area contributed by atoms with E-state index in [-0.39, 0.29) is 20.5 Å². The van der Waals surface area contributed by atoms with E-state index in [1.165, 1.54) is 6.07 Å². The van der Waals surface area contributed by atoms with Crippen LogP contribution in [0.15, 0.2) is 21.5 Å². The minimum atomic E-state index is -4.53. The van der Waals surface area contributed by atoms with E-state index in [4.69, 9.17) is 10.4 Å². The van der Waals surface area contributed by atoms with Gasteiger partial charge in [-0.2, -0.15) is 18.4 Å². The first kappa shape index (κ1) is 14.9. The Morgan fingerprint density at radius 3 is 2.56 bits per heavy atom. The summed E-state index contributed by atoms with van der Waals surface area (Å²) in [6, 6.07) is 4.04. The van der Waals surface area contributed by atoms with Crippen LogP contribution < -0.4 is 0 Å². The van der Waals surface area contributed by atoms with Crippen LogP contribution in [0.3, 0.4) is 0 Å². The highest BCUT2D eigenvalue weighted by molar-refractivity contribution is 9.10. The summed E-state index contributed by atoms with van der Waals surface area (Å²) in [5.41, 5.74) is -4.50. The molecule has 0 heterocycles. The molecular weight excluding hydrogens is 335 g/mol. The molecule has 0 radical (unpaired) electrons. The average molecular weight is 340 g/mol. The zero-order valence-electron chi connectivity index (χ0n) is 8.58. The Kier molecular flexibility index (Phi) is 4.65. The molecular formula is C10H5BrF3NO2S. The molecule has 0 aliphatic carbocycles. The number of halogens is 4. The quantitative estimate of drug-likeness (QED) is 0.855. The molecule has 3 nitrogen and oxygen atoms in total. The van der Waals surface area contributed by atoms with Crippen molar-refractivity contribution in [2.45, 2.75) is 16.8 Å². The fourth-order valence-corrected chi connectivity index (χ4v) is 2.67. The van der Waals surface area contributed by atoms with Crippen LogP contribution >= 0.6 is 27.7 Å². The second-order valence-corrected chi connectivity index (χ2v) is 5.14. The molecule has 0 spiro atoms. The van der Waals surface area contributed by atoms with Crippen molar-refractivity contribution in [1.29, 1.82) is 5.26 Å². The lowest BCUT2D eigenvalue weighted by atomic mass is 10.1. The van der Waals surface area contributed by atoms with Crippen LogP contribution in [0.4, 0.5) is 13.2 Å². The molecule has 0 unspecified atom stereocenters. The molecule has 1 rings (SSSR count). The molecule has 18 heavy (non-hydrogen) atoms. The standard InChI is InChI=1S/C10H5BrF3NO2S/c11-7-1-5(3-9(16)17)2-8(6(7)4-15)18-10(12,13)14/h1-2H,3H2,(H,16,17). The molecule has 0 atom stereocenters. The number of benzene rings is 1. The van der Waals surface area contributed by atoms with Gasteiger partial charge in [-0.25, -0.2) is 0 Å². The number of carboxylic acids is 1. The zero-order valence-corrected chi connectivity index (χ0v) is 11.0. The van der Waals surface area contributed by atoms with E-state index < -0.39 is 29.7 Å². The van der Waals surface area contributed by atoms with Crippen LogP contribution in [0.1, 0.15) is 11.1 Å². The summed E-state index contributed by atoms with van der Waals surface area (Å²) in [7, 11) is 0. The fourth-order valence-electron chi connectivity index (χ4n) is 1.23. The Morgan fingerprint density at radius 2 is 2.11 bits per heavy atom. The first-order valence-electron chi connectivity index (χ1n) is 4.43. The predicted octanol–water partition coefficient (Wildman–Crippen LogP) is 3.56. The van der Waals surface area contributed by atoms with Gasteiger partial charge in [-0.05, 0) is 45.4 Å². The van der Waals surface area contributed by atoms with Gasteiger partial charge in [-0.15, -0.1) is 0 Å². The van der Waals surface area contributed by atoms with Crippen molar-refractivity contribution in [1.82, 2.24) is 0 Å². The number of nitrogens with zero attached hydrogens (tertiary/aromatic N) is 1. The first-order chi connectivity index (χ1) is 8.23. The van der Waals surface area contributed by atoms with Gasteiger partial charge in [0.25, 0.3) is 0 Å². The van der Waals surface area contributed by atoms with Crippen molar-refractivity contribution >= 4 is 33.7 Å². The molecule has 8 heteroatoms. The van der Waals surface area contributed by atoms with E-state index in [1.54, 1.807) is 6.07 Å². The third kappa shape index (κ3) is 4.23. The van der Waals surface area contributed by atoms with Gasteiger partial charge in [-0.1, -0.05) is 0 Å². The summed E-state index contributed by atoms with van der Waals surface area (Å²) in [5, 5.41) is 17.4. The molecule has 0 aromatic heterocycles. The lowest BCUT2D eigenvalue weighted by molar-refractivity contribution is -0.136. The number of nitriles is 1. The van der Waals surface area contributed by atoms with E-state index in [0.29, 0.717) is 0 Å². The number of hydrogen-bond acceptors (Lipinski definition) is 3. The average Bonchev–Trinajstić information content (AvgIpc) is 2.13. The highest BCUT2D eigenvalue weighted by Crippen LogP contribution is 2.40. The lowest BCUT2D eigenvalue weighted by Gasteiger charge is -2.10. The van der Waals surface area contributed by atoms with Crippen molar-refractivity contribution in [2.24, 2.45) is 0 Å². The fraction of sp³-hybridized carbons (Fsp3) is 0.200. The van der Waals surface area contributed by atoms with Crippen LogP contribution in [0.25, 0.3) is 0 Å². The second kappa shape index (κ2) is 5.63. The number of alkyl halides is 3. The van der Waals surface area contributed by atoms with Crippen molar-refractivity contribution in [3.05, 3.63) is 27.7 Å². The van der Waals surface area contributed by atoms with Gasteiger partial charge in [0, 0.05) is 9.37 Å². The monoisotopic (exact) mass is 339 g/mol. The summed E-state index contributed by atoms with van der Waals surface area (Å²) in [5.74, 6) is -1.16. The summed E-state index contributed by atoms with van der Waals surface area (Å²) >= 11 is 2.52. The van der Waals surface area contributed by atoms with Crippen LogP contribution in [-0.4, -0.2) is 16.6 Å². The number of thioether (sulfide) groups is 1. The second-order valence-electron chi connectivity index (χ2n) is 3.18. The topological polar surface area (TPSA) is 61.1 Å². The number of carboxylic acid groups (broad SMARTS) is 1. The highest BCUT2D eigenvalue weighted by Gasteiger charge is 2.31. The molecule has 0 saturated carbocycles. The third-order valence-corrected chi connectivity index (χ3v) is 3.21. The summed E-state index contributed by atoms with van der Waals surface area (Å²) in [4.78, 5) is 10.2. The Labute approximate surface area is 113 Å². The van der Waals surface area contributed by atoms with E-state index in [2.05, 4.69) is 15.9 Å². The maximum atomic E-state index is 12.3.